The number of nitrogen functional groups attached to an aromatic ring is 1. The fraction of sp³-hybridized carbons (Fsp3) is 0.111. The van der Waals surface area contributed by atoms with Crippen molar-refractivity contribution in [1.82, 2.24) is 0 Å². The van der Waals surface area contributed by atoms with Crippen LogP contribution in [-0.2, 0) is 0 Å². The lowest BCUT2D eigenvalue weighted by Gasteiger charge is -2.09. The second kappa shape index (κ2) is 4.44. The Morgan fingerprint density at radius 1 is 1.56 bits per heavy atom. The highest BCUT2D eigenvalue weighted by molar-refractivity contribution is 5.92. The van der Waals surface area contributed by atoms with Gasteiger partial charge in [-0.15, -0.1) is 0 Å². The Balaban J connectivity index is 3.27. The van der Waals surface area contributed by atoms with Crippen molar-refractivity contribution in [2.45, 2.75) is 6.61 Å². The number of nitrogens with two attached hydrogens (primary N) is 1. The van der Waals surface area contributed by atoms with Gasteiger partial charge in [-0.2, -0.15) is 14.0 Å². The number of hydrogen-bond acceptors (Lipinski definition) is 4. The molecule has 16 heavy (non-hydrogen) atoms. The molecular formula is C9H6F2N2O3. The minimum absolute atomic E-state index is 0.267. The summed E-state index contributed by atoms with van der Waals surface area (Å²) in [7, 11) is 0. The van der Waals surface area contributed by atoms with Crippen LogP contribution in [0.1, 0.15) is 15.9 Å². The number of nitrogens with zero attached hydrogens (tertiary/aromatic N) is 1. The third-order valence-electron chi connectivity index (χ3n) is 1.72. The van der Waals surface area contributed by atoms with Crippen LogP contribution in [0.25, 0.3) is 0 Å². The summed E-state index contributed by atoms with van der Waals surface area (Å²) < 4.78 is 27.9. The molecule has 1 aromatic carbocycles. The van der Waals surface area contributed by atoms with E-state index in [0.29, 0.717) is 0 Å². The van der Waals surface area contributed by atoms with E-state index in [1.807, 2.05) is 0 Å². The largest absolute Gasteiger partial charge is 0.478 e. The smallest absolute Gasteiger partial charge is 0.387 e. The number of carbonyl (C=O) groups is 1. The second-order valence-corrected chi connectivity index (χ2v) is 2.73. The van der Waals surface area contributed by atoms with Gasteiger partial charge in [0, 0.05) is 6.07 Å². The molecule has 84 valence electrons. The van der Waals surface area contributed by atoms with Gasteiger partial charge in [-0.05, 0) is 6.07 Å². The predicted octanol–water partition coefficient (Wildman–Crippen LogP) is 1.44. The first kappa shape index (κ1) is 11.7. The average molecular weight is 228 g/mol. The highest BCUT2D eigenvalue weighted by Crippen LogP contribution is 2.27. The van der Waals surface area contributed by atoms with Crippen LogP contribution in [0.4, 0.5) is 14.5 Å². The topological polar surface area (TPSA) is 96.3 Å². The molecule has 0 saturated heterocycles. The number of carboxylic acids is 1. The van der Waals surface area contributed by atoms with E-state index in [9.17, 15) is 13.6 Å². The highest BCUT2D eigenvalue weighted by Gasteiger charge is 2.16. The molecule has 0 aliphatic carbocycles. The number of benzene rings is 1. The Hall–Kier alpha value is -2.36. The third-order valence-corrected chi connectivity index (χ3v) is 1.72. The van der Waals surface area contributed by atoms with Gasteiger partial charge in [0.25, 0.3) is 0 Å². The molecule has 7 heteroatoms. The van der Waals surface area contributed by atoms with Crippen molar-refractivity contribution in [1.29, 1.82) is 5.26 Å². The zero-order valence-corrected chi connectivity index (χ0v) is 7.78. The van der Waals surface area contributed by atoms with Gasteiger partial charge in [0.05, 0.1) is 16.8 Å². The molecule has 0 heterocycles. The van der Waals surface area contributed by atoms with Crippen molar-refractivity contribution in [3.05, 3.63) is 23.3 Å². The first-order valence-corrected chi connectivity index (χ1v) is 3.97. The van der Waals surface area contributed by atoms with Gasteiger partial charge in [-0.1, -0.05) is 0 Å². The van der Waals surface area contributed by atoms with Crippen LogP contribution in [0.5, 0.6) is 5.75 Å². The highest BCUT2D eigenvalue weighted by atomic mass is 19.3. The van der Waals surface area contributed by atoms with E-state index < -0.39 is 18.3 Å². The first-order chi connectivity index (χ1) is 7.45. The Kier molecular flexibility index (Phi) is 3.25. The van der Waals surface area contributed by atoms with Gasteiger partial charge in [0.2, 0.25) is 0 Å². The third kappa shape index (κ3) is 2.36. The lowest BCUT2D eigenvalue weighted by atomic mass is 10.1. The molecule has 5 nitrogen and oxygen atoms in total. The summed E-state index contributed by atoms with van der Waals surface area (Å²) in [6.45, 7) is -3.09. The zero-order valence-electron chi connectivity index (χ0n) is 7.78. The summed E-state index contributed by atoms with van der Waals surface area (Å²) in [4.78, 5) is 10.7. The molecule has 1 aromatic rings. The number of anilines is 1. The summed E-state index contributed by atoms with van der Waals surface area (Å²) in [5.74, 6) is -1.79. The quantitative estimate of drug-likeness (QED) is 0.763. The lowest BCUT2D eigenvalue weighted by molar-refractivity contribution is -0.0493. The normalized spacial score (nSPS) is 9.88. The van der Waals surface area contributed by atoms with E-state index in [2.05, 4.69) is 4.74 Å². The molecule has 0 fully saturated rings. The van der Waals surface area contributed by atoms with E-state index in [-0.39, 0.29) is 16.8 Å². The first-order valence-electron chi connectivity index (χ1n) is 3.97. The maximum absolute atomic E-state index is 11.9. The maximum Gasteiger partial charge on any atom is 0.387 e. The number of aromatic carboxylic acids is 1. The molecule has 0 aromatic heterocycles. The summed E-state index contributed by atoms with van der Waals surface area (Å²) in [6.07, 6.45) is 0. The van der Waals surface area contributed by atoms with Gasteiger partial charge in [0.15, 0.2) is 0 Å². The number of ether oxygens (including phenoxy) is 1. The molecule has 0 bridgehead atoms. The Bertz CT molecular complexity index is 469. The van der Waals surface area contributed by atoms with Crippen LogP contribution >= 0.6 is 0 Å². The fourth-order valence-electron chi connectivity index (χ4n) is 1.06. The molecule has 0 aliphatic heterocycles. The summed E-state index contributed by atoms with van der Waals surface area (Å²) >= 11 is 0. The van der Waals surface area contributed by atoms with Crippen molar-refractivity contribution >= 4 is 11.7 Å². The summed E-state index contributed by atoms with van der Waals surface area (Å²) in [6, 6.07) is 3.32. The average Bonchev–Trinajstić information content (AvgIpc) is 2.19. The number of rotatable bonds is 3. The van der Waals surface area contributed by atoms with E-state index >= 15 is 0 Å². The number of hydrogen-bond donors (Lipinski definition) is 2. The molecule has 0 radical (unpaired) electrons. The molecule has 1 rings (SSSR count). The van der Waals surface area contributed by atoms with Crippen molar-refractivity contribution < 1.29 is 23.4 Å². The van der Waals surface area contributed by atoms with Crippen LogP contribution in [0.15, 0.2) is 12.1 Å². The molecule has 0 unspecified atom stereocenters. The number of halogens is 2. The monoisotopic (exact) mass is 228 g/mol. The SMILES string of the molecule is N#Cc1cc(OC(F)F)c(N)cc1C(=O)O. The molecule has 0 amide bonds. The molecule has 0 aliphatic rings. The van der Waals surface area contributed by atoms with Gasteiger partial charge >= 0.3 is 12.6 Å². The molecule has 0 saturated carbocycles. The van der Waals surface area contributed by atoms with Crippen molar-refractivity contribution in [3.63, 3.8) is 0 Å². The van der Waals surface area contributed by atoms with Gasteiger partial charge in [-0.25, -0.2) is 4.79 Å². The Morgan fingerprint density at radius 2 is 2.19 bits per heavy atom. The van der Waals surface area contributed by atoms with E-state index in [4.69, 9.17) is 16.1 Å². The summed E-state index contributed by atoms with van der Waals surface area (Å²) in [5, 5.41) is 17.3. The van der Waals surface area contributed by atoms with Gasteiger partial charge in [-0.3, -0.25) is 0 Å². The van der Waals surface area contributed by atoms with Crippen LogP contribution in [-0.4, -0.2) is 17.7 Å². The maximum atomic E-state index is 11.9. The minimum atomic E-state index is -3.09. The second-order valence-electron chi connectivity index (χ2n) is 2.73. The zero-order chi connectivity index (χ0) is 12.3. The molecule has 0 spiro atoms. The van der Waals surface area contributed by atoms with Gasteiger partial charge in [0.1, 0.15) is 11.8 Å². The van der Waals surface area contributed by atoms with E-state index in [0.717, 1.165) is 12.1 Å². The number of carboxylic acid groups (broad SMARTS) is 1. The molecule has 3 N–H and O–H groups in total. The Labute approximate surface area is 88.7 Å². The Morgan fingerprint density at radius 3 is 2.62 bits per heavy atom. The fourth-order valence-corrected chi connectivity index (χ4v) is 1.06. The summed E-state index contributed by atoms with van der Waals surface area (Å²) in [5.41, 5.74) is 4.38. The van der Waals surface area contributed by atoms with Crippen LogP contribution < -0.4 is 10.5 Å². The predicted molar refractivity (Wildman–Crippen MR) is 49.2 cm³/mol. The van der Waals surface area contributed by atoms with E-state index in [1.165, 1.54) is 0 Å². The minimum Gasteiger partial charge on any atom is -0.478 e. The molecule has 0 atom stereocenters. The molecular weight excluding hydrogens is 222 g/mol. The van der Waals surface area contributed by atoms with Crippen molar-refractivity contribution in [3.8, 4) is 11.8 Å². The van der Waals surface area contributed by atoms with Crippen LogP contribution in [0.2, 0.25) is 0 Å². The lowest BCUT2D eigenvalue weighted by Crippen LogP contribution is -2.07. The standard InChI is InChI=1S/C9H6F2N2O3/c10-9(11)16-7-1-4(3-12)5(8(14)15)2-6(7)13/h1-2,9H,13H2,(H,14,15). The number of nitriles is 1. The van der Waals surface area contributed by atoms with Crippen LogP contribution in [0.3, 0.4) is 0 Å². The van der Waals surface area contributed by atoms with Gasteiger partial charge < -0.3 is 15.6 Å². The van der Waals surface area contributed by atoms with Crippen LogP contribution in [0, 0.1) is 11.3 Å². The van der Waals surface area contributed by atoms with E-state index in [1.54, 1.807) is 6.07 Å². The van der Waals surface area contributed by atoms with Crippen molar-refractivity contribution in [2.24, 2.45) is 0 Å². The number of alkyl halides is 2. The van der Waals surface area contributed by atoms with Crippen molar-refractivity contribution in [2.75, 3.05) is 5.73 Å².